The smallest absolute Gasteiger partial charge is 0.255 e. The summed E-state index contributed by atoms with van der Waals surface area (Å²) in [5.74, 6) is 0.0852. The average molecular weight is 297 g/mol. The minimum absolute atomic E-state index is 0.188. The number of aromatic nitrogens is 2. The number of pyridine rings is 1. The van der Waals surface area contributed by atoms with Crippen LogP contribution < -0.4 is 5.73 Å². The molecule has 5 nitrogen and oxygen atoms in total. The van der Waals surface area contributed by atoms with E-state index in [1.807, 2.05) is 6.92 Å². The van der Waals surface area contributed by atoms with E-state index >= 15 is 0 Å². The number of nitrogen functional groups attached to an aromatic ring is 1. The summed E-state index contributed by atoms with van der Waals surface area (Å²) in [5.41, 5.74) is 8.64. The lowest BCUT2D eigenvalue weighted by Gasteiger charge is -2.17. The van der Waals surface area contributed by atoms with E-state index in [4.69, 9.17) is 17.3 Å². The molecule has 0 saturated heterocycles. The van der Waals surface area contributed by atoms with Crippen LogP contribution in [0.2, 0.25) is 5.02 Å². The zero-order chi connectivity index (χ0) is 14.0. The fourth-order valence-electron chi connectivity index (χ4n) is 1.59. The van der Waals surface area contributed by atoms with Gasteiger partial charge in [0.25, 0.3) is 5.91 Å². The van der Waals surface area contributed by atoms with Gasteiger partial charge < -0.3 is 10.6 Å². The number of rotatable bonds is 3. The Morgan fingerprint density at radius 2 is 2.26 bits per heavy atom. The standard InChI is InChI=1S/C12H13ClN4OS/c1-7-10(19-6-16-7)5-17(2)12(18)8-3-11(14)15-4-9(8)13/h3-4,6H,5H2,1-2H3,(H2,14,15). The van der Waals surface area contributed by atoms with Crippen LogP contribution in [0, 0.1) is 6.92 Å². The van der Waals surface area contributed by atoms with Gasteiger partial charge in [0.15, 0.2) is 0 Å². The number of anilines is 1. The number of amides is 1. The number of carbonyl (C=O) groups is 1. The van der Waals surface area contributed by atoms with Crippen molar-refractivity contribution in [2.45, 2.75) is 13.5 Å². The summed E-state index contributed by atoms with van der Waals surface area (Å²) in [6, 6.07) is 1.49. The van der Waals surface area contributed by atoms with Gasteiger partial charge >= 0.3 is 0 Å². The van der Waals surface area contributed by atoms with E-state index in [2.05, 4.69) is 9.97 Å². The van der Waals surface area contributed by atoms with Gasteiger partial charge in [0.2, 0.25) is 0 Å². The molecule has 7 heteroatoms. The lowest BCUT2D eigenvalue weighted by molar-refractivity contribution is 0.0786. The number of nitrogens with two attached hydrogens (primary N) is 1. The van der Waals surface area contributed by atoms with E-state index in [1.165, 1.54) is 23.6 Å². The van der Waals surface area contributed by atoms with Crippen LogP contribution in [0.4, 0.5) is 5.82 Å². The lowest BCUT2D eigenvalue weighted by atomic mass is 10.2. The SMILES string of the molecule is Cc1ncsc1CN(C)C(=O)c1cc(N)ncc1Cl. The first-order chi connectivity index (χ1) is 8.99. The van der Waals surface area contributed by atoms with E-state index in [9.17, 15) is 4.79 Å². The molecule has 2 rings (SSSR count). The van der Waals surface area contributed by atoms with Gasteiger partial charge in [-0.25, -0.2) is 9.97 Å². The maximum Gasteiger partial charge on any atom is 0.255 e. The Morgan fingerprint density at radius 3 is 2.89 bits per heavy atom. The predicted octanol–water partition coefficient (Wildman–Crippen LogP) is 2.35. The molecule has 0 aromatic carbocycles. The second kappa shape index (κ2) is 5.54. The van der Waals surface area contributed by atoms with Crippen LogP contribution >= 0.6 is 22.9 Å². The molecule has 2 aromatic rings. The van der Waals surface area contributed by atoms with E-state index in [1.54, 1.807) is 17.5 Å². The van der Waals surface area contributed by atoms with Crippen molar-refractivity contribution in [1.82, 2.24) is 14.9 Å². The van der Waals surface area contributed by atoms with Crippen molar-refractivity contribution in [2.75, 3.05) is 12.8 Å². The molecule has 0 atom stereocenters. The molecule has 2 aromatic heterocycles. The van der Waals surface area contributed by atoms with Gasteiger partial charge in [0.1, 0.15) is 5.82 Å². The highest BCUT2D eigenvalue weighted by molar-refractivity contribution is 7.09. The van der Waals surface area contributed by atoms with E-state index in [0.717, 1.165) is 10.6 Å². The Morgan fingerprint density at radius 1 is 1.53 bits per heavy atom. The van der Waals surface area contributed by atoms with Crippen molar-refractivity contribution < 1.29 is 4.79 Å². The topological polar surface area (TPSA) is 72.1 Å². The molecule has 0 saturated carbocycles. The molecule has 2 heterocycles. The van der Waals surface area contributed by atoms with Crippen LogP contribution in [0.1, 0.15) is 20.9 Å². The Hall–Kier alpha value is -1.66. The van der Waals surface area contributed by atoms with Crippen LogP contribution in [0.25, 0.3) is 0 Å². The van der Waals surface area contributed by atoms with Gasteiger partial charge in [-0.3, -0.25) is 4.79 Å². The number of thiazole rings is 1. The number of hydrogen-bond acceptors (Lipinski definition) is 5. The zero-order valence-corrected chi connectivity index (χ0v) is 12.1. The first kappa shape index (κ1) is 13.8. The number of halogens is 1. The largest absolute Gasteiger partial charge is 0.384 e. The van der Waals surface area contributed by atoms with Crippen molar-refractivity contribution in [1.29, 1.82) is 0 Å². The van der Waals surface area contributed by atoms with Crippen molar-refractivity contribution >= 4 is 34.7 Å². The van der Waals surface area contributed by atoms with Gasteiger partial charge in [-0.15, -0.1) is 11.3 Å². The highest BCUT2D eigenvalue weighted by Crippen LogP contribution is 2.20. The van der Waals surface area contributed by atoms with Crippen LogP contribution in [-0.4, -0.2) is 27.8 Å². The molecule has 2 N–H and O–H groups in total. The minimum Gasteiger partial charge on any atom is -0.384 e. The third-order valence-corrected chi connectivity index (χ3v) is 3.90. The van der Waals surface area contributed by atoms with Crippen LogP contribution in [-0.2, 0) is 6.54 Å². The van der Waals surface area contributed by atoms with Crippen molar-refractivity contribution in [3.8, 4) is 0 Å². The molecular formula is C12H13ClN4OS. The fraction of sp³-hybridized carbons (Fsp3) is 0.250. The monoisotopic (exact) mass is 296 g/mol. The summed E-state index contributed by atoms with van der Waals surface area (Å²) in [6.45, 7) is 2.41. The molecule has 0 unspecified atom stereocenters. The highest BCUT2D eigenvalue weighted by atomic mass is 35.5. The molecule has 0 bridgehead atoms. The number of carbonyl (C=O) groups excluding carboxylic acids is 1. The highest BCUT2D eigenvalue weighted by Gasteiger charge is 2.17. The van der Waals surface area contributed by atoms with E-state index in [-0.39, 0.29) is 11.7 Å². The predicted molar refractivity (Wildman–Crippen MR) is 76.3 cm³/mol. The number of aryl methyl sites for hydroxylation is 1. The van der Waals surface area contributed by atoms with Crippen LogP contribution in [0.5, 0.6) is 0 Å². The summed E-state index contributed by atoms with van der Waals surface area (Å²) in [5, 5.41) is 0.298. The molecular weight excluding hydrogens is 284 g/mol. The van der Waals surface area contributed by atoms with E-state index < -0.39 is 0 Å². The maximum absolute atomic E-state index is 12.3. The molecule has 0 aliphatic rings. The summed E-state index contributed by atoms with van der Waals surface area (Å²) >= 11 is 7.50. The summed E-state index contributed by atoms with van der Waals surface area (Å²) in [6.07, 6.45) is 1.38. The summed E-state index contributed by atoms with van der Waals surface area (Å²) in [7, 11) is 1.72. The van der Waals surface area contributed by atoms with Gasteiger partial charge in [0, 0.05) is 18.1 Å². The normalized spacial score (nSPS) is 10.5. The third kappa shape index (κ3) is 3.02. The molecule has 0 aliphatic heterocycles. The van der Waals surface area contributed by atoms with E-state index in [0.29, 0.717) is 17.1 Å². The van der Waals surface area contributed by atoms with Crippen LogP contribution in [0.15, 0.2) is 17.8 Å². The Labute approximate surface area is 120 Å². The molecule has 1 amide bonds. The van der Waals surface area contributed by atoms with Crippen molar-refractivity contribution in [2.24, 2.45) is 0 Å². The lowest BCUT2D eigenvalue weighted by Crippen LogP contribution is -2.26. The number of nitrogens with zero attached hydrogens (tertiary/aromatic N) is 3. The van der Waals surface area contributed by atoms with Gasteiger partial charge in [0.05, 0.1) is 28.3 Å². The Balaban J connectivity index is 2.19. The molecule has 0 radical (unpaired) electrons. The van der Waals surface area contributed by atoms with Crippen molar-refractivity contribution in [3.05, 3.63) is 38.9 Å². The summed E-state index contributed by atoms with van der Waals surface area (Å²) < 4.78 is 0. The first-order valence-corrected chi connectivity index (χ1v) is 6.80. The quantitative estimate of drug-likeness (QED) is 0.943. The van der Waals surface area contributed by atoms with Gasteiger partial charge in [-0.1, -0.05) is 11.6 Å². The molecule has 19 heavy (non-hydrogen) atoms. The minimum atomic E-state index is -0.188. The molecule has 100 valence electrons. The second-order valence-corrected chi connectivity index (χ2v) is 5.46. The molecule has 0 fully saturated rings. The summed E-state index contributed by atoms with van der Waals surface area (Å²) in [4.78, 5) is 22.9. The molecule has 0 aliphatic carbocycles. The van der Waals surface area contributed by atoms with Gasteiger partial charge in [-0.05, 0) is 13.0 Å². The number of hydrogen-bond donors (Lipinski definition) is 1. The third-order valence-electron chi connectivity index (χ3n) is 2.68. The maximum atomic E-state index is 12.3. The fourth-order valence-corrected chi connectivity index (χ4v) is 2.60. The molecule has 0 spiro atoms. The zero-order valence-electron chi connectivity index (χ0n) is 10.6. The first-order valence-electron chi connectivity index (χ1n) is 5.54. The second-order valence-electron chi connectivity index (χ2n) is 4.11. The van der Waals surface area contributed by atoms with Crippen LogP contribution in [0.3, 0.4) is 0 Å². The Bertz CT molecular complexity index is 614. The van der Waals surface area contributed by atoms with Crippen molar-refractivity contribution in [3.63, 3.8) is 0 Å². The van der Waals surface area contributed by atoms with Gasteiger partial charge in [-0.2, -0.15) is 0 Å². The average Bonchev–Trinajstić information content (AvgIpc) is 2.77. The Kier molecular flexibility index (Phi) is 4.01.